The number of nitrogens with zero attached hydrogens (tertiary/aromatic N) is 2. The lowest BCUT2D eigenvalue weighted by atomic mass is 10.2. The quantitative estimate of drug-likeness (QED) is 0.618. The number of amides is 4. The molecule has 106 valence electrons. The minimum absolute atomic E-state index is 0.131. The van der Waals surface area contributed by atoms with E-state index in [2.05, 4.69) is 5.32 Å². The number of urea groups is 1. The molecule has 0 saturated carbocycles. The van der Waals surface area contributed by atoms with Crippen molar-refractivity contribution in [2.24, 2.45) is 0 Å². The summed E-state index contributed by atoms with van der Waals surface area (Å²) < 4.78 is 0. The third-order valence-electron chi connectivity index (χ3n) is 2.98. The highest BCUT2D eigenvalue weighted by Crippen LogP contribution is 2.07. The monoisotopic (exact) mass is 271 g/mol. The summed E-state index contributed by atoms with van der Waals surface area (Å²) >= 11 is 0. The van der Waals surface area contributed by atoms with Crippen LogP contribution in [0.2, 0.25) is 0 Å². The fourth-order valence-electron chi connectivity index (χ4n) is 1.70. The van der Waals surface area contributed by atoms with Gasteiger partial charge >= 0.3 is 12.0 Å². The van der Waals surface area contributed by atoms with E-state index in [1.807, 2.05) is 6.92 Å². The Hall–Kier alpha value is -2.12. The van der Waals surface area contributed by atoms with Crippen LogP contribution in [0.25, 0.3) is 0 Å². The Morgan fingerprint density at radius 2 is 2.11 bits per heavy atom. The van der Waals surface area contributed by atoms with Crippen molar-refractivity contribution in [2.45, 2.75) is 26.3 Å². The SMILES string of the molecule is CCC(C)N(CC(=O)O)C(=O)CN1C(=O)CNC1=O. The Morgan fingerprint density at radius 1 is 1.47 bits per heavy atom. The molecular weight excluding hydrogens is 254 g/mol. The third kappa shape index (κ3) is 3.67. The van der Waals surface area contributed by atoms with Crippen LogP contribution in [0.5, 0.6) is 0 Å². The smallest absolute Gasteiger partial charge is 0.325 e. The van der Waals surface area contributed by atoms with Gasteiger partial charge in [0.25, 0.3) is 5.91 Å². The van der Waals surface area contributed by atoms with Gasteiger partial charge < -0.3 is 15.3 Å². The summed E-state index contributed by atoms with van der Waals surface area (Å²) in [5.74, 6) is -2.18. The van der Waals surface area contributed by atoms with Crippen molar-refractivity contribution in [2.75, 3.05) is 19.6 Å². The van der Waals surface area contributed by atoms with Gasteiger partial charge in [-0.2, -0.15) is 0 Å². The topological polar surface area (TPSA) is 107 Å². The minimum Gasteiger partial charge on any atom is -0.480 e. The van der Waals surface area contributed by atoms with Crippen molar-refractivity contribution >= 4 is 23.8 Å². The van der Waals surface area contributed by atoms with Crippen LogP contribution >= 0.6 is 0 Å². The number of hydrogen-bond acceptors (Lipinski definition) is 4. The number of carboxylic acids is 1. The number of carbonyl (C=O) groups excluding carboxylic acids is 3. The second-order valence-corrected chi connectivity index (χ2v) is 4.31. The van der Waals surface area contributed by atoms with Crippen LogP contribution in [-0.4, -0.2) is 64.4 Å². The van der Waals surface area contributed by atoms with Crippen LogP contribution in [0.1, 0.15) is 20.3 Å². The maximum atomic E-state index is 12.0. The second kappa shape index (κ2) is 6.17. The molecule has 1 fully saturated rings. The predicted octanol–water partition coefficient (Wildman–Crippen LogP) is -0.750. The standard InChI is InChI=1S/C11H17N3O5/c1-3-7(2)13(6-10(17)18)9(16)5-14-8(15)4-12-11(14)19/h7H,3-6H2,1-2H3,(H,12,19)(H,17,18). The van der Waals surface area contributed by atoms with Crippen LogP contribution in [0, 0.1) is 0 Å². The molecule has 2 N–H and O–H groups in total. The zero-order valence-electron chi connectivity index (χ0n) is 10.9. The normalized spacial score (nSPS) is 16.2. The van der Waals surface area contributed by atoms with Crippen LogP contribution in [0.4, 0.5) is 4.79 Å². The molecule has 1 unspecified atom stereocenters. The zero-order valence-corrected chi connectivity index (χ0v) is 10.9. The number of aliphatic carboxylic acids is 1. The summed E-state index contributed by atoms with van der Waals surface area (Å²) in [5, 5.41) is 11.1. The predicted molar refractivity (Wildman–Crippen MR) is 64.2 cm³/mol. The molecule has 0 aromatic heterocycles. The molecular formula is C11H17N3O5. The number of hydrogen-bond donors (Lipinski definition) is 2. The number of rotatable bonds is 6. The molecule has 0 radical (unpaired) electrons. The van der Waals surface area contributed by atoms with Gasteiger partial charge in [-0.15, -0.1) is 0 Å². The average molecular weight is 271 g/mol. The lowest BCUT2D eigenvalue weighted by molar-refractivity contribution is -0.147. The summed E-state index contributed by atoms with van der Waals surface area (Å²) in [5.41, 5.74) is 0. The molecule has 8 nitrogen and oxygen atoms in total. The highest BCUT2D eigenvalue weighted by Gasteiger charge is 2.32. The Labute approximate surface area is 110 Å². The number of nitrogens with one attached hydrogen (secondary N) is 1. The second-order valence-electron chi connectivity index (χ2n) is 4.31. The molecule has 19 heavy (non-hydrogen) atoms. The van der Waals surface area contributed by atoms with Gasteiger partial charge in [-0.3, -0.25) is 19.3 Å². The Morgan fingerprint density at radius 3 is 2.53 bits per heavy atom. The lowest BCUT2D eigenvalue weighted by Crippen LogP contribution is -2.48. The summed E-state index contributed by atoms with van der Waals surface area (Å²) in [6, 6.07) is -0.901. The summed E-state index contributed by atoms with van der Waals surface area (Å²) in [6.07, 6.45) is 0.583. The molecule has 8 heteroatoms. The zero-order chi connectivity index (χ0) is 14.6. The van der Waals surface area contributed by atoms with E-state index < -0.39 is 36.9 Å². The fraction of sp³-hybridized carbons (Fsp3) is 0.636. The molecule has 0 bridgehead atoms. The van der Waals surface area contributed by atoms with Crippen molar-refractivity contribution in [3.8, 4) is 0 Å². The third-order valence-corrected chi connectivity index (χ3v) is 2.98. The van der Waals surface area contributed by atoms with Crippen molar-refractivity contribution < 1.29 is 24.3 Å². The molecule has 0 aromatic rings. The van der Waals surface area contributed by atoms with Gasteiger partial charge in [-0.05, 0) is 13.3 Å². The highest BCUT2D eigenvalue weighted by atomic mass is 16.4. The van der Waals surface area contributed by atoms with Gasteiger partial charge in [-0.1, -0.05) is 6.92 Å². The molecule has 1 rings (SSSR count). The van der Waals surface area contributed by atoms with Gasteiger partial charge in [0.05, 0.1) is 6.54 Å². The van der Waals surface area contributed by atoms with Crippen LogP contribution in [0.15, 0.2) is 0 Å². The highest BCUT2D eigenvalue weighted by molar-refractivity contribution is 6.04. The number of carboxylic acid groups (broad SMARTS) is 1. The van der Waals surface area contributed by atoms with E-state index in [0.29, 0.717) is 6.42 Å². The fourth-order valence-corrected chi connectivity index (χ4v) is 1.70. The van der Waals surface area contributed by atoms with Crippen LogP contribution < -0.4 is 5.32 Å². The summed E-state index contributed by atoms with van der Waals surface area (Å²) in [7, 11) is 0. The molecule has 1 aliphatic heterocycles. The van der Waals surface area contributed by atoms with Crippen molar-refractivity contribution in [3.63, 3.8) is 0 Å². The maximum absolute atomic E-state index is 12.0. The van der Waals surface area contributed by atoms with Crippen molar-refractivity contribution in [3.05, 3.63) is 0 Å². The van der Waals surface area contributed by atoms with E-state index in [1.54, 1.807) is 6.92 Å². The first kappa shape index (κ1) is 14.9. The molecule has 4 amide bonds. The Bertz CT molecular complexity index is 393. The molecule has 1 atom stereocenters. The van der Waals surface area contributed by atoms with Crippen LogP contribution in [-0.2, 0) is 14.4 Å². The van der Waals surface area contributed by atoms with Crippen LogP contribution in [0.3, 0.4) is 0 Å². The number of carbonyl (C=O) groups is 4. The maximum Gasteiger partial charge on any atom is 0.325 e. The lowest BCUT2D eigenvalue weighted by Gasteiger charge is -2.28. The molecule has 0 aliphatic carbocycles. The number of imide groups is 1. The van der Waals surface area contributed by atoms with Gasteiger partial charge in [0.1, 0.15) is 13.1 Å². The summed E-state index contributed by atoms with van der Waals surface area (Å²) in [6.45, 7) is 2.53. The molecule has 1 aliphatic rings. The van der Waals surface area contributed by atoms with E-state index in [4.69, 9.17) is 5.11 Å². The van der Waals surface area contributed by atoms with Gasteiger partial charge in [0.15, 0.2) is 0 Å². The first-order chi connectivity index (χ1) is 8.86. The average Bonchev–Trinajstić information content (AvgIpc) is 2.66. The summed E-state index contributed by atoms with van der Waals surface area (Å²) in [4.78, 5) is 47.4. The van der Waals surface area contributed by atoms with Crippen molar-refractivity contribution in [1.29, 1.82) is 0 Å². The van der Waals surface area contributed by atoms with Gasteiger partial charge in [0.2, 0.25) is 5.91 Å². The molecule has 1 saturated heterocycles. The molecule has 0 aromatic carbocycles. The van der Waals surface area contributed by atoms with E-state index in [9.17, 15) is 19.2 Å². The Kier molecular flexibility index (Phi) is 4.85. The first-order valence-corrected chi connectivity index (χ1v) is 5.96. The molecule has 1 heterocycles. The van der Waals surface area contributed by atoms with E-state index in [0.717, 1.165) is 9.80 Å². The van der Waals surface area contributed by atoms with E-state index in [1.165, 1.54) is 0 Å². The minimum atomic E-state index is -1.13. The molecule has 0 spiro atoms. The largest absolute Gasteiger partial charge is 0.480 e. The first-order valence-electron chi connectivity index (χ1n) is 5.96. The Balaban J connectivity index is 2.73. The van der Waals surface area contributed by atoms with Gasteiger partial charge in [0, 0.05) is 6.04 Å². The van der Waals surface area contributed by atoms with E-state index >= 15 is 0 Å². The van der Waals surface area contributed by atoms with Crippen molar-refractivity contribution in [1.82, 2.24) is 15.1 Å². The van der Waals surface area contributed by atoms with E-state index in [-0.39, 0.29) is 12.6 Å². The van der Waals surface area contributed by atoms with Gasteiger partial charge in [-0.25, -0.2) is 4.79 Å².